The number of nitrogens with one attached hydrogen (secondary N) is 1. The third kappa shape index (κ3) is 3.24. The molecule has 2 N–H and O–H groups in total. The van der Waals surface area contributed by atoms with Crippen LogP contribution in [0.4, 0.5) is 5.82 Å². The average molecular weight is 258 g/mol. The van der Waals surface area contributed by atoms with E-state index >= 15 is 0 Å². The van der Waals surface area contributed by atoms with Crippen molar-refractivity contribution >= 4 is 16.6 Å². The molecule has 3 heteroatoms. The fourth-order valence-electron chi connectivity index (χ4n) is 2.25. The number of aliphatic hydroxyl groups is 1. The number of fused-ring (bicyclic) bond motifs is 1. The molecule has 1 unspecified atom stereocenters. The Morgan fingerprint density at radius 3 is 2.63 bits per heavy atom. The Morgan fingerprint density at radius 2 is 1.95 bits per heavy atom. The van der Waals surface area contributed by atoms with Crippen molar-refractivity contribution in [3.63, 3.8) is 0 Å². The van der Waals surface area contributed by atoms with Crippen LogP contribution in [-0.4, -0.2) is 22.7 Å². The molecule has 0 fully saturated rings. The van der Waals surface area contributed by atoms with Crippen LogP contribution in [0.2, 0.25) is 0 Å². The standard InChI is InChI=1S/C16H22N2O/c1-16(2,3)14(9-11-19)18-15-13-7-5-4-6-12(13)8-10-17-15/h4-8,10,14,19H,9,11H2,1-3H3,(H,17,18). The second-order valence-electron chi connectivity index (χ2n) is 5.96. The molecule has 2 rings (SSSR count). The molecular weight excluding hydrogens is 236 g/mol. The summed E-state index contributed by atoms with van der Waals surface area (Å²) in [6.45, 7) is 6.70. The summed E-state index contributed by atoms with van der Waals surface area (Å²) in [5.41, 5.74) is 0.0708. The maximum atomic E-state index is 9.23. The highest BCUT2D eigenvalue weighted by Crippen LogP contribution is 2.28. The molecular formula is C16H22N2O. The minimum atomic E-state index is 0.0708. The van der Waals surface area contributed by atoms with Crippen molar-refractivity contribution in [2.24, 2.45) is 5.41 Å². The molecule has 0 aliphatic carbocycles. The number of pyridine rings is 1. The van der Waals surface area contributed by atoms with Gasteiger partial charge in [-0.15, -0.1) is 0 Å². The van der Waals surface area contributed by atoms with E-state index in [0.29, 0.717) is 6.42 Å². The Balaban J connectivity index is 2.34. The number of hydrogen-bond acceptors (Lipinski definition) is 3. The molecule has 1 atom stereocenters. The first kappa shape index (κ1) is 13.8. The molecule has 3 nitrogen and oxygen atoms in total. The zero-order chi connectivity index (χ0) is 13.9. The van der Waals surface area contributed by atoms with Crippen LogP contribution in [0.3, 0.4) is 0 Å². The lowest BCUT2D eigenvalue weighted by atomic mass is 9.85. The maximum absolute atomic E-state index is 9.23. The molecule has 0 amide bonds. The molecule has 0 saturated heterocycles. The van der Waals surface area contributed by atoms with Crippen molar-refractivity contribution in [2.45, 2.75) is 33.2 Å². The van der Waals surface area contributed by atoms with Crippen LogP contribution >= 0.6 is 0 Å². The van der Waals surface area contributed by atoms with E-state index in [4.69, 9.17) is 0 Å². The van der Waals surface area contributed by atoms with Gasteiger partial charge < -0.3 is 10.4 Å². The lowest BCUT2D eigenvalue weighted by Crippen LogP contribution is -2.35. The van der Waals surface area contributed by atoms with Gasteiger partial charge in [-0.3, -0.25) is 0 Å². The Labute approximate surface area is 114 Å². The number of aromatic nitrogens is 1. The predicted molar refractivity (Wildman–Crippen MR) is 80.3 cm³/mol. The number of rotatable bonds is 4. The number of anilines is 1. The summed E-state index contributed by atoms with van der Waals surface area (Å²) in [6, 6.07) is 10.4. The molecule has 0 bridgehead atoms. The minimum absolute atomic E-state index is 0.0708. The third-order valence-electron chi connectivity index (χ3n) is 3.45. The van der Waals surface area contributed by atoms with Gasteiger partial charge in [0.25, 0.3) is 0 Å². The summed E-state index contributed by atoms with van der Waals surface area (Å²) < 4.78 is 0. The van der Waals surface area contributed by atoms with E-state index in [0.717, 1.165) is 11.2 Å². The van der Waals surface area contributed by atoms with Crippen molar-refractivity contribution in [1.82, 2.24) is 4.98 Å². The second kappa shape index (κ2) is 5.57. The van der Waals surface area contributed by atoms with Crippen LogP contribution in [0, 0.1) is 5.41 Å². The maximum Gasteiger partial charge on any atom is 0.134 e. The summed E-state index contributed by atoms with van der Waals surface area (Å²) in [5, 5.41) is 15.0. The van der Waals surface area contributed by atoms with Crippen molar-refractivity contribution in [1.29, 1.82) is 0 Å². The lowest BCUT2D eigenvalue weighted by molar-refractivity contribution is 0.235. The zero-order valence-corrected chi connectivity index (χ0v) is 11.9. The highest BCUT2D eigenvalue weighted by molar-refractivity contribution is 5.91. The Hall–Kier alpha value is -1.61. The lowest BCUT2D eigenvalue weighted by Gasteiger charge is -2.31. The van der Waals surface area contributed by atoms with Gasteiger partial charge in [0.05, 0.1) is 0 Å². The highest BCUT2D eigenvalue weighted by atomic mass is 16.3. The van der Waals surface area contributed by atoms with Gasteiger partial charge in [0.15, 0.2) is 0 Å². The van der Waals surface area contributed by atoms with Crippen molar-refractivity contribution in [3.05, 3.63) is 36.5 Å². The molecule has 0 radical (unpaired) electrons. The molecule has 0 saturated carbocycles. The van der Waals surface area contributed by atoms with Crippen LogP contribution in [0.15, 0.2) is 36.5 Å². The molecule has 0 aliphatic heterocycles. The largest absolute Gasteiger partial charge is 0.396 e. The van der Waals surface area contributed by atoms with Crippen molar-refractivity contribution in [3.8, 4) is 0 Å². The van der Waals surface area contributed by atoms with E-state index in [1.54, 1.807) is 0 Å². The molecule has 0 aliphatic rings. The quantitative estimate of drug-likeness (QED) is 0.883. The summed E-state index contributed by atoms with van der Waals surface area (Å²) in [5.74, 6) is 0.895. The number of aliphatic hydroxyl groups excluding tert-OH is 1. The number of benzene rings is 1. The smallest absolute Gasteiger partial charge is 0.134 e. The summed E-state index contributed by atoms with van der Waals surface area (Å²) in [6.07, 6.45) is 2.54. The summed E-state index contributed by atoms with van der Waals surface area (Å²) in [4.78, 5) is 4.45. The van der Waals surface area contributed by atoms with Gasteiger partial charge in [0.2, 0.25) is 0 Å². The van der Waals surface area contributed by atoms with E-state index in [2.05, 4.69) is 43.2 Å². The first-order chi connectivity index (χ1) is 9.02. The van der Waals surface area contributed by atoms with Gasteiger partial charge >= 0.3 is 0 Å². The zero-order valence-electron chi connectivity index (χ0n) is 11.9. The second-order valence-corrected chi connectivity index (χ2v) is 5.96. The Bertz CT molecular complexity index is 540. The fourth-order valence-corrected chi connectivity index (χ4v) is 2.25. The monoisotopic (exact) mass is 258 g/mol. The van der Waals surface area contributed by atoms with E-state index in [9.17, 15) is 5.11 Å². The minimum Gasteiger partial charge on any atom is -0.396 e. The van der Waals surface area contributed by atoms with Crippen molar-refractivity contribution in [2.75, 3.05) is 11.9 Å². The van der Waals surface area contributed by atoms with Gasteiger partial charge in [-0.05, 0) is 23.3 Å². The number of nitrogens with zero attached hydrogens (tertiary/aromatic N) is 1. The third-order valence-corrected chi connectivity index (χ3v) is 3.45. The van der Waals surface area contributed by atoms with Crippen LogP contribution in [-0.2, 0) is 0 Å². The molecule has 1 aromatic heterocycles. The fraction of sp³-hybridized carbons (Fsp3) is 0.438. The van der Waals surface area contributed by atoms with Crippen LogP contribution < -0.4 is 5.32 Å². The molecule has 19 heavy (non-hydrogen) atoms. The van der Waals surface area contributed by atoms with Crippen LogP contribution in [0.5, 0.6) is 0 Å². The highest BCUT2D eigenvalue weighted by Gasteiger charge is 2.24. The van der Waals surface area contributed by atoms with E-state index < -0.39 is 0 Å². The molecule has 0 spiro atoms. The van der Waals surface area contributed by atoms with Crippen LogP contribution in [0.1, 0.15) is 27.2 Å². The summed E-state index contributed by atoms with van der Waals surface area (Å²) in [7, 11) is 0. The van der Waals surface area contributed by atoms with Crippen molar-refractivity contribution < 1.29 is 5.11 Å². The first-order valence-electron chi connectivity index (χ1n) is 6.73. The SMILES string of the molecule is CC(C)(C)C(CCO)Nc1nccc2ccccc12. The topological polar surface area (TPSA) is 45.1 Å². The Morgan fingerprint density at radius 1 is 1.21 bits per heavy atom. The van der Waals surface area contributed by atoms with Gasteiger partial charge in [0, 0.05) is 24.2 Å². The normalized spacial score (nSPS) is 13.5. The van der Waals surface area contributed by atoms with E-state index in [-0.39, 0.29) is 18.1 Å². The van der Waals surface area contributed by atoms with Crippen LogP contribution in [0.25, 0.3) is 10.8 Å². The Kier molecular flexibility index (Phi) is 4.05. The van der Waals surface area contributed by atoms with Gasteiger partial charge in [-0.1, -0.05) is 45.0 Å². The number of hydrogen-bond donors (Lipinski definition) is 2. The predicted octanol–water partition coefficient (Wildman–Crippen LogP) is 3.44. The van der Waals surface area contributed by atoms with Gasteiger partial charge in [0.1, 0.15) is 5.82 Å². The van der Waals surface area contributed by atoms with E-state index in [1.807, 2.05) is 24.4 Å². The molecule has 102 valence electrons. The van der Waals surface area contributed by atoms with Gasteiger partial charge in [-0.25, -0.2) is 4.98 Å². The average Bonchev–Trinajstić information content (AvgIpc) is 2.37. The first-order valence-corrected chi connectivity index (χ1v) is 6.73. The molecule has 1 heterocycles. The molecule has 2 aromatic rings. The summed E-state index contributed by atoms with van der Waals surface area (Å²) >= 11 is 0. The molecule has 1 aromatic carbocycles. The van der Waals surface area contributed by atoms with Gasteiger partial charge in [-0.2, -0.15) is 0 Å². The van der Waals surface area contributed by atoms with E-state index in [1.165, 1.54) is 5.39 Å².